The van der Waals surface area contributed by atoms with E-state index >= 15 is 0 Å². The molecule has 7 nitrogen and oxygen atoms in total. The van der Waals surface area contributed by atoms with Gasteiger partial charge < -0.3 is 5.73 Å². The van der Waals surface area contributed by atoms with Gasteiger partial charge in [0.15, 0.2) is 0 Å². The van der Waals surface area contributed by atoms with Crippen molar-refractivity contribution < 1.29 is 4.79 Å². The van der Waals surface area contributed by atoms with Gasteiger partial charge in [0, 0.05) is 28.3 Å². The highest BCUT2D eigenvalue weighted by Crippen LogP contribution is 2.29. The van der Waals surface area contributed by atoms with Crippen LogP contribution in [0.25, 0.3) is 27.3 Å². The molecule has 0 atom stereocenters. The molecule has 3 aromatic rings. The van der Waals surface area contributed by atoms with Gasteiger partial charge in [0.05, 0.1) is 11.4 Å². The molecule has 1 heterocycles. The first-order valence-electron chi connectivity index (χ1n) is 8.58. The number of benzene rings is 2. The van der Waals surface area contributed by atoms with Gasteiger partial charge in [-0.1, -0.05) is 29.4 Å². The van der Waals surface area contributed by atoms with Crippen LogP contribution in [-0.2, 0) is 6.42 Å². The molecule has 3 rings (SSSR count). The molecule has 7 heteroatoms. The molecule has 0 saturated heterocycles. The van der Waals surface area contributed by atoms with E-state index in [0.717, 1.165) is 33.8 Å². The fourth-order valence-electron chi connectivity index (χ4n) is 3.17. The third-order valence-electron chi connectivity index (χ3n) is 4.47. The van der Waals surface area contributed by atoms with E-state index in [1.165, 1.54) is 0 Å². The minimum Gasteiger partial charge on any atom is -0.366 e. The Morgan fingerprint density at radius 3 is 2.63 bits per heavy atom. The molecule has 2 N–H and O–H groups in total. The second-order valence-corrected chi connectivity index (χ2v) is 6.27. The number of azide groups is 1. The largest absolute Gasteiger partial charge is 0.366 e. The van der Waals surface area contributed by atoms with Crippen LogP contribution in [0, 0.1) is 13.8 Å². The summed E-state index contributed by atoms with van der Waals surface area (Å²) in [6, 6.07) is 15.3. The van der Waals surface area contributed by atoms with Gasteiger partial charge in [-0.15, -0.1) is 0 Å². The van der Waals surface area contributed by atoms with Crippen LogP contribution in [0.3, 0.4) is 0 Å². The van der Waals surface area contributed by atoms with E-state index in [9.17, 15) is 4.79 Å². The highest BCUT2D eigenvalue weighted by molar-refractivity contribution is 5.94. The molecule has 27 heavy (non-hydrogen) atoms. The van der Waals surface area contributed by atoms with E-state index in [0.29, 0.717) is 18.5 Å². The van der Waals surface area contributed by atoms with Crippen LogP contribution in [0.2, 0.25) is 0 Å². The Hall–Kier alpha value is -3.57. The summed E-state index contributed by atoms with van der Waals surface area (Å²) in [4.78, 5) is 14.2. The minimum atomic E-state index is -0.448. The average molecular weight is 360 g/mol. The van der Waals surface area contributed by atoms with Crippen LogP contribution in [0.4, 0.5) is 0 Å². The highest BCUT2D eigenvalue weighted by Gasteiger charge is 2.15. The smallest absolute Gasteiger partial charge is 0.248 e. The van der Waals surface area contributed by atoms with E-state index in [2.05, 4.69) is 15.1 Å². The van der Waals surface area contributed by atoms with E-state index < -0.39 is 5.91 Å². The molecular weight excluding hydrogens is 340 g/mol. The maximum absolute atomic E-state index is 11.5. The van der Waals surface area contributed by atoms with Crippen molar-refractivity contribution in [3.63, 3.8) is 0 Å². The molecule has 0 fully saturated rings. The molecule has 0 unspecified atom stereocenters. The molecule has 136 valence electrons. The van der Waals surface area contributed by atoms with Crippen LogP contribution < -0.4 is 5.73 Å². The first kappa shape index (κ1) is 18.2. The monoisotopic (exact) mass is 360 g/mol. The minimum absolute atomic E-state index is 0.441. The van der Waals surface area contributed by atoms with Gasteiger partial charge in [0.25, 0.3) is 0 Å². The molecule has 1 amide bonds. The number of rotatable bonds is 6. The van der Waals surface area contributed by atoms with Crippen LogP contribution >= 0.6 is 0 Å². The Balaban J connectivity index is 1.95. The molecule has 0 saturated carbocycles. The maximum Gasteiger partial charge on any atom is 0.248 e. The van der Waals surface area contributed by atoms with Crippen molar-refractivity contribution in [1.82, 2.24) is 9.78 Å². The Labute approximate surface area is 157 Å². The van der Waals surface area contributed by atoms with E-state index in [1.54, 1.807) is 12.1 Å². The molecule has 0 aliphatic heterocycles. The van der Waals surface area contributed by atoms with Crippen LogP contribution in [0.15, 0.2) is 53.6 Å². The number of primary amides is 1. The van der Waals surface area contributed by atoms with Gasteiger partial charge in [0.1, 0.15) is 0 Å². The van der Waals surface area contributed by atoms with Gasteiger partial charge in [0.2, 0.25) is 5.91 Å². The molecule has 0 bridgehead atoms. The fourth-order valence-corrected chi connectivity index (χ4v) is 3.17. The van der Waals surface area contributed by atoms with E-state index in [1.807, 2.05) is 54.9 Å². The van der Waals surface area contributed by atoms with Crippen LogP contribution in [-0.4, -0.2) is 22.2 Å². The second-order valence-electron chi connectivity index (χ2n) is 6.27. The zero-order chi connectivity index (χ0) is 19.4. The lowest BCUT2D eigenvalue weighted by Crippen LogP contribution is -2.10. The topological polar surface area (TPSA) is 110 Å². The summed E-state index contributed by atoms with van der Waals surface area (Å²) >= 11 is 0. The standard InChI is InChI=1S/C20H20N6O/c1-13-19(16-4-3-5-17(12-16)20(21)27)14(2)26(24-13)18-8-6-15(7-9-18)10-11-23-25-22/h3-9,12H,10-11H2,1-2H3,(H2,21,27). The third-order valence-corrected chi connectivity index (χ3v) is 4.47. The Morgan fingerprint density at radius 1 is 1.22 bits per heavy atom. The van der Waals surface area contributed by atoms with Crippen molar-refractivity contribution in [1.29, 1.82) is 0 Å². The number of carbonyl (C=O) groups is 1. The van der Waals surface area contributed by atoms with Crippen molar-refractivity contribution in [3.05, 3.63) is 81.5 Å². The summed E-state index contributed by atoms with van der Waals surface area (Å²) in [6.45, 7) is 4.39. The number of nitrogens with zero attached hydrogens (tertiary/aromatic N) is 5. The fraction of sp³-hybridized carbons (Fsp3) is 0.200. The van der Waals surface area contributed by atoms with Crippen molar-refractivity contribution in [2.75, 3.05) is 6.54 Å². The maximum atomic E-state index is 11.5. The van der Waals surface area contributed by atoms with Gasteiger partial charge in [-0.05, 0) is 61.2 Å². The number of nitrogens with two attached hydrogens (primary N) is 1. The molecule has 0 aliphatic carbocycles. The molecule has 2 aromatic carbocycles. The van der Waals surface area contributed by atoms with Crippen molar-refractivity contribution in [3.8, 4) is 16.8 Å². The summed E-state index contributed by atoms with van der Waals surface area (Å²) in [5, 5.41) is 8.23. The van der Waals surface area contributed by atoms with Crippen molar-refractivity contribution in [2.24, 2.45) is 10.8 Å². The SMILES string of the molecule is Cc1nn(-c2ccc(CCN=[N+]=[N-])cc2)c(C)c1-c1cccc(C(N)=O)c1. The summed E-state index contributed by atoms with van der Waals surface area (Å²) in [6.07, 6.45) is 0.701. The highest BCUT2D eigenvalue weighted by atomic mass is 16.1. The number of amides is 1. The Morgan fingerprint density at radius 2 is 1.96 bits per heavy atom. The number of hydrogen-bond acceptors (Lipinski definition) is 3. The summed E-state index contributed by atoms with van der Waals surface area (Å²) in [5.41, 5.74) is 20.0. The molecule has 0 aliphatic rings. The van der Waals surface area contributed by atoms with Gasteiger partial charge in [-0.25, -0.2) is 4.68 Å². The first-order chi connectivity index (χ1) is 13.0. The Kier molecular flexibility index (Phi) is 5.24. The third kappa shape index (κ3) is 3.83. The van der Waals surface area contributed by atoms with E-state index in [4.69, 9.17) is 11.3 Å². The first-order valence-corrected chi connectivity index (χ1v) is 8.58. The summed E-state index contributed by atoms with van der Waals surface area (Å²) in [7, 11) is 0. The Bertz CT molecular complexity index is 1030. The number of aryl methyl sites for hydroxylation is 1. The molecule has 0 spiro atoms. The van der Waals surface area contributed by atoms with Gasteiger partial charge in [-0.3, -0.25) is 4.79 Å². The van der Waals surface area contributed by atoms with Crippen molar-refractivity contribution >= 4 is 5.91 Å². The summed E-state index contributed by atoms with van der Waals surface area (Å²) < 4.78 is 1.89. The molecule has 1 aromatic heterocycles. The average Bonchev–Trinajstić information content (AvgIpc) is 2.97. The molecular formula is C20H20N6O. The zero-order valence-corrected chi connectivity index (χ0v) is 15.3. The van der Waals surface area contributed by atoms with Crippen LogP contribution in [0.1, 0.15) is 27.3 Å². The lowest BCUT2D eigenvalue weighted by atomic mass is 10.0. The summed E-state index contributed by atoms with van der Waals surface area (Å²) in [5.74, 6) is -0.448. The number of hydrogen-bond donors (Lipinski definition) is 1. The normalized spacial score (nSPS) is 10.4. The van der Waals surface area contributed by atoms with Crippen molar-refractivity contribution in [2.45, 2.75) is 20.3 Å². The quantitative estimate of drug-likeness (QED) is 0.405. The predicted molar refractivity (Wildman–Crippen MR) is 105 cm³/mol. The lowest BCUT2D eigenvalue weighted by Gasteiger charge is -2.07. The van der Waals surface area contributed by atoms with Gasteiger partial charge >= 0.3 is 0 Å². The van der Waals surface area contributed by atoms with E-state index in [-0.39, 0.29) is 0 Å². The second kappa shape index (κ2) is 7.76. The predicted octanol–water partition coefficient (Wildman–Crippen LogP) is 4.11. The lowest BCUT2D eigenvalue weighted by molar-refractivity contribution is 0.100. The molecule has 0 radical (unpaired) electrons. The number of carbonyl (C=O) groups excluding carboxylic acids is 1. The van der Waals surface area contributed by atoms with Gasteiger partial charge in [-0.2, -0.15) is 5.10 Å². The van der Waals surface area contributed by atoms with Crippen LogP contribution in [0.5, 0.6) is 0 Å². The number of aromatic nitrogens is 2. The zero-order valence-electron chi connectivity index (χ0n) is 15.3.